The topological polar surface area (TPSA) is 42.0 Å². The lowest BCUT2D eigenvalue weighted by atomic mass is 10.0. The Kier molecular flexibility index (Phi) is 15.9. The molecule has 3 rings (SSSR count). The fraction of sp³-hybridized carbons (Fsp3) is 0.452. The highest BCUT2D eigenvalue weighted by Crippen LogP contribution is 2.17. The molecule has 0 radical (unpaired) electrons. The number of hydrogen-bond acceptors (Lipinski definition) is 4. The Morgan fingerprint density at radius 1 is 0.973 bits per heavy atom. The summed E-state index contributed by atoms with van der Waals surface area (Å²) in [5, 5.41) is 0. The third-order valence-corrected chi connectivity index (χ3v) is 5.62. The molecule has 2 saturated heterocycles. The number of carbonyl (C=O) groups excluding carboxylic acids is 1. The smallest absolute Gasteiger partial charge is 0.410 e. The van der Waals surface area contributed by atoms with E-state index in [4.69, 9.17) is 9.47 Å². The molecule has 5 nitrogen and oxygen atoms in total. The van der Waals surface area contributed by atoms with E-state index in [0.717, 1.165) is 38.4 Å². The minimum atomic E-state index is -0.333. The van der Waals surface area contributed by atoms with Crippen molar-refractivity contribution in [2.24, 2.45) is 0 Å². The summed E-state index contributed by atoms with van der Waals surface area (Å²) in [4.78, 5) is 15.7. The molecule has 37 heavy (non-hydrogen) atoms. The normalized spacial score (nSPS) is 16.4. The number of carbonyl (C=O) groups is 1. The summed E-state index contributed by atoms with van der Waals surface area (Å²) in [6.07, 6.45) is 10.4. The Morgan fingerprint density at radius 3 is 2.05 bits per heavy atom. The van der Waals surface area contributed by atoms with Crippen molar-refractivity contribution in [3.8, 4) is 0 Å². The van der Waals surface area contributed by atoms with Crippen LogP contribution in [0.5, 0.6) is 0 Å². The lowest BCUT2D eigenvalue weighted by molar-refractivity contribution is 0.0423. The second kappa shape index (κ2) is 18.3. The molecule has 2 fully saturated rings. The largest absolute Gasteiger partial charge is 0.448 e. The molecular formula is C31H45FN2O3. The summed E-state index contributed by atoms with van der Waals surface area (Å²) in [5.74, 6) is -0.333. The van der Waals surface area contributed by atoms with Crippen LogP contribution in [-0.2, 0) is 16.0 Å². The van der Waals surface area contributed by atoms with Gasteiger partial charge in [-0.25, -0.2) is 9.18 Å². The van der Waals surface area contributed by atoms with E-state index < -0.39 is 0 Å². The molecule has 0 saturated carbocycles. The van der Waals surface area contributed by atoms with Crippen molar-refractivity contribution < 1.29 is 18.7 Å². The van der Waals surface area contributed by atoms with Crippen molar-refractivity contribution in [1.82, 2.24) is 9.80 Å². The lowest BCUT2D eigenvalue weighted by Gasteiger charge is -2.26. The van der Waals surface area contributed by atoms with Gasteiger partial charge in [-0.3, -0.25) is 4.90 Å². The molecule has 0 aliphatic carbocycles. The third kappa shape index (κ3) is 15.0. The molecule has 0 unspecified atom stereocenters. The van der Waals surface area contributed by atoms with Gasteiger partial charge in [-0.2, -0.15) is 0 Å². The lowest BCUT2D eigenvalue weighted by Crippen LogP contribution is -2.37. The molecule has 204 valence electrons. The van der Waals surface area contributed by atoms with Gasteiger partial charge in [0.15, 0.2) is 0 Å². The molecule has 1 aromatic rings. The van der Waals surface area contributed by atoms with E-state index in [1.54, 1.807) is 4.90 Å². The predicted octanol–water partition coefficient (Wildman–Crippen LogP) is 7.34. The fourth-order valence-corrected chi connectivity index (χ4v) is 3.34. The van der Waals surface area contributed by atoms with Crippen LogP contribution in [0.3, 0.4) is 0 Å². The molecule has 2 aliphatic heterocycles. The number of morpholine rings is 1. The number of halogens is 1. The summed E-state index contributed by atoms with van der Waals surface area (Å²) < 4.78 is 21.2. The minimum absolute atomic E-state index is 0.220. The molecule has 0 spiro atoms. The standard InChI is InChI=1S/C23H30N2O3.C5H10.C3H5F/c1-19(17-24-11-14-27-15-12-24)5-3-4-6-20(2)22-9-7-21(8-10-22)18-25-13-16-28-23(25)26;1-4-5(2)3;1-3(2)4/h3-10H,11-18H2,1-2H3;4H,1-3H3;1H2,2H3/b4-3-,19-5+,20-6+;;. The molecule has 1 amide bonds. The number of allylic oxidation sites excluding steroid dienone is 8. The van der Waals surface area contributed by atoms with Gasteiger partial charge in [0.05, 0.1) is 25.6 Å². The Balaban J connectivity index is 0.000000657. The molecule has 0 N–H and O–H groups in total. The van der Waals surface area contributed by atoms with Crippen LogP contribution < -0.4 is 0 Å². The summed E-state index contributed by atoms with van der Waals surface area (Å²) in [7, 11) is 0. The molecule has 1 aromatic carbocycles. The molecule has 0 atom stereocenters. The van der Waals surface area contributed by atoms with E-state index in [1.807, 2.05) is 6.92 Å². The van der Waals surface area contributed by atoms with Crippen LogP contribution in [0.25, 0.3) is 5.57 Å². The summed E-state index contributed by atoms with van der Waals surface area (Å²) in [6.45, 7) is 21.2. The van der Waals surface area contributed by atoms with Gasteiger partial charge in [-0.1, -0.05) is 72.4 Å². The number of ether oxygens (including phenoxy) is 2. The van der Waals surface area contributed by atoms with E-state index >= 15 is 0 Å². The first-order valence-electron chi connectivity index (χ1n) is 12.8. The zero-order chi connectivity index (χ0) is 27.6. The van der Waals surface area contributed by atoms with E-state index in [9.17, 15) is 9.18 Å². The zero-order valence-electron chi connectivity index (χ0n) is 23.6. The number of amides is 1. The minimum Gasteiger partial charge on any atom is -0.448 e. The average molecular weight is 513 g/mol. The number of benzene rings is 1. The highest BCUT2D eigenvalue weighted by atomic mass is 19.1. The van der Waals surface area contributed by atoms with E-state index in [0.29, 0.717) is 19.7 Å². The van der Waals surface area contributed by atoms with Crippen molar-refractivity contribution in [2.75, 3.05) is 46.0 Å². The van der Waals surface area contributed by atoms with Crippen molar-refractivity contribution in [3.05, 3.63) is 89.3 Å². The number of nitrogens with zero attached hydrogens (tertiary/aromatic N) is 2. The van der Waals surface area contributed by atoms with Crippen LogP contribution in [0, 0.1) is 0 Å². The fourth-order valence-electron chi connectivity index (χ4n) is 3.34. The van der Waals surface area contributed by atoms with Gasteiger partial charge in [0.25, 0.3) is 0 Å². The average Bonchev–Trinajstić information content (AvgIpc) is 3.27. The van der Waals surface area contributed by atoms with Crippen LogP contribution in [-0.4, -0.2) is 61.9 Å². The predicted molar refractivity (Wildman–Crippen MR) is 153 cm³/mol. The Morgan fingerprint density at radius 2 is 1.54 bits per heavy atom. The molecule has 2 heterocycles. The first-order chi connectivity index (χ1) is 17.6. The van der Waals surface area contributed by atoms with Gasteiger partial charge < -0.3 is 14.4 Å². The quantitative estimate of drug-likeness (QED) is 0.283. The number of hydrogen-bond donors (Lipinski definition) is 0. The maximum Gasteiger partial charge on any atom is 0.410 e. The third-order valence-electron chi connectivity index (χ3n) is 5.62. The van der Waals surface area contributed by atoms with Gasteiger partial charge in [-0.15, -0.1) is 0 Å². The maximum absolute atomic E-state index is 11.5. The first kappa shape index (κ1) is 32.1. The molecular weight excluding hydrogens is 467 g/mol. The SMILES string of the molecule is C=C(C)F.CC=C(C)C.C\C(=C/C=C\C=C(/C)c1ccc(CN2CCOC2=O)cc1)CN1CCOCC1. The van der Waals surface area contributed by atoms with Crippen molar-refractivity contribution in [3.63, 3.8) is 0 Å². The van der Waals surface area contributed by atoms with Gasteiger partial charge in [0.2, 0.25) is 0 Å². The van der Waals surface area contributed by atoms with Crippen molar-refractivity contribution in [2.45, 2.75) is 48.1 Å². The first-order valence-corrected chi connectivity index (χ1v) is 12.8. The second-order valence-corrected chi connectivity index (χ2v) is 9.41. The van der Waals surface area contributed by atoms with Crippen LogP contribution in [0.15, 0.2) is 78.2 Å². The van der Waals surface area contributed by atoms with Crippen LogP contribution in [0.1, 0.15) is 52.7 Å². The Hall–Kier alpha value is -2.96. The molecule has 2 aliphatic rings. The van der Waals surface area contributed by atoms with E-state index in [2.05, 4.69) is 93.8 Å². The maximum atomic E-state index is 11.5. The summed E-state index contributed by atoms with van der Waals surface area (Å²) in [5.41, 5.74) is 6.25. The van der Waals surface area contributed by atoms with Gasteiger partial charge in [0, 0.05) is 26.2 Å². The monoisotopic (exact) mass is 512 g/mol. The van der Waals surface area contributed by atoms with Crippen molar-refractivity contribution >= 4 is 11.7 Å². The Labute approximate surface area is 223 Å². The van der Waals surface area contributed by atoms with Gasteiger partial charge >= 0.3 is 6.09 Å². The van der Waals surface area contributed by atoms with Crippen LogP contribution >= 0.6 is 0 Å². The molecule has 0 bridgehead atoms. The van der Waals surface area contributed by atoms with Crippen LogP contribution in [0.4, 0.5) is 9.18 Å². The zero-order valence-corrected chi connectivity index (χ0v) is 23.6. The second-order valence-electron chi connectivity index (χ2n) is 9.41. The number of rotatable bonds is 7. The van der Waals surface area contributed by atoms with E-state index in [-0.39, 0.29) is 11.9 Å². The van der Waals surface area contributed by atoms with E-state index in [1.165, 1.54) is 29.2 Å². The summed E-state index contributed by atoms with van der Waals surface area (Å²) in [6, 6.07) is 8.37. The van der Waals surface area contributed by atoms with Gasteiger partial charge in [-0.05, 0) is 58.2 Å². The van der Waals surface area contributed by atoms with Gasteiger partial charge in [0.1, 0.15) is 6.61 Å². The van der Waals surface area contributed by atoms with Crippen LogP contribution in [0.2, 0.25) is 0 Å². The molecule has 0 aromatic heterocycles. The highest BCUT2D eigenvalue weighted by molar-refractivity contribution is 5.69. The molecule has 6 heteroatoms. The Bertz CT molecular complexity index is 947. The number of cyclic esters (lactones) is 1. The highest BCUT2D eigenvalue weighted by Gasteiger charge is 2.21. The van der Waals surface area contributed by atoms with Crippen molar-refractivity contribution in [1.29, 1.82) is 0 Å². The summed E-state index contributed by atoms with van der Waals surface area (Å²) >= 11 is 0.